The first-order chi connectivity index (χ1) is 4.83. The Kier molecular flexibility index (Phi) is 3.20. The van der Waals surface area contributed by atoms with Crippen molar-refractivity contribution in [2.45, 2.75) is 32.6 Å². The van der Waals surface area contributed by atoms with Crippen LogP contribution in [-0.4, -0.2) is 13.7 Å². The van der Waals surface area contributed by atoms with Gasteiger partial charge < -0.3 is 4.74 Å². The lowest BCUT2D eigenvalue weighted by atomic mass is 9.83. The smallest absolute Gasteiger partial charge is 0.0490 e. The quantitative estimate of drug-likeness (QED) is 0.575. The summed E-state index contributed by atoms with van der Waals surface area (Å²) in [4.78, 5) is 0. The van der Waals surface area contributed by atoms with Crippen LogP contribution in [0.15, 0.2) is 0 Å². The number of hydrogen-bond acceptors (Lipinski definition) is 1. The second kappa shape index (κ2) is 3.97. The first kappa shape index (κ1) is 8.06. The highest BCUT2D eigenvalue weighted by Crippen LogP contribution is 2.28. The summed E-state index contributed by atoms with van der Waals surface area (Å²) in [5.74, 6) is 1.79. The summed E-state index contributed by atoms with van der Waals surface area (Å²) in [5.41, 5.74) is 0. The molecule has 0 aromatic rings. The normalized spacial score (nSPS) is 34.2. The molecule has 60 valence electrons. The molecule has 1 aliphatic carbocycles. The van der Waals surface area contributed by atoms with Gasteiger partial charge in [0.15, 0.2) is 0 Å². The topological polar surface area (TPSA) is 9.23 Å². The standard InChI is InChI=1S/C9H18O/c1-8-4-3-5-9(6-8)7-10-2/h8-9H,3-7H2,1-2H3/t8-,9+/m1/s1. The molecule has 0 aromatic heterocycles. The molecule has 0 heterocycles. The van der Waals surface area contributed by atoms with Gasteiger partial charge in [-0.15, -0.1) is 0 Å². The van der Waals surface area contributed by atoms with Crippen LogP contribution in [0.3, 0.4) is 0 Å². The summed E-state index contributed by atoms with van der Waals surface area (Å²) in [6.45, 7) is 3.33. The van der Waals surface area contributed by atoms with Crippen molar-refractivity contribution >= 4 is 0 Å². The number of methoxy groups -OCH3 is 1. The highest BCUT2D eigenvalue weighted by molar-refractivity contribution is 4.69. The molecule has 0 N–H and O–H groups in total. The first-order valence-corrected chi connectivity index (χ1v) is 4.32. The SMILES string of the molecule is COC[C@H]1CCC[C@@H](C)C1. The Hall–Kier alpha value is -0.0400. The number of hydrogen-bond donors (Lipinski definition) is 0. The van der Waals surface area contributed by atoms with Crippen LogP contribution >= 0.6 is 0 Å². The molecule has 0 aromatic carbocycles. The van der Waals surface area contributed by atoms with Gasteiger partial charge in [0, 0.05) is 13.7 Å². The molecule has 1 rings (SSSR count). The third-order valence-corrected chi connectivity index (χ3v) is 2.45. The van der Waals surface area contributed by atoms with Gasteiger partial charge in [0.2, 0.25) is 0 Å². The maximum Gasteiger partial charge on any atom is 0.0490 e. The largest absolute Gasteiger partial charge is 0.384 e. The molecule has 1 nitrogen and oxygen atoms in total. The van der Waals surface area contributed by atoms with Crippen molar-refractivity contribution in [3.8, 4) is 0 Å². The van der Waals surface area contributed by atoms with Crippen LogP contribution in [0.4, 0.5) is 0 Å². The van der Waals surface area contributed by atoms with E-state index >= 15 is 0 Å². The summed E-state index contributed by atoms with van der Waals surface area (Å²) in [6, 6.07) is 0. The van der Waals surface area contributed by atoms with Crippen LogP contribution in [0.5, 0.6) is 0 Å². The molecule has 0 aliphatic heterocycles. The summed E-state index contributed by atoms with van der Waals surface area (Å²) in [5, 5.41) is 0. The molecule has 0 bridgehead atoms. The van der Waals surface area contributed by atoms with Crippen molar-refractivity contribution in [3.63, 3.8) is 0 Å². The van der Waals surface area contributed by atoms with Gasteiger partial charge in [-0.3, -0.25) is 0 Å². The Bertz CT molecular complexity index is 88.7. The van der Waals surface area contributed by atoms with E-state index in [0.717, 1.165) is 18.4 Å². The van der Waals surface area contributed by atoms with Crippen molar-refractivity contribution in [2.24, 2.45) is 11.8 Å². The Morgan fingerprint density at radius 1 is 1.40 bits per heavy atom. The van der Waals surface area contributed by atoms with Gasteiger partial charge in [0.05, 0.1) is 0 Å². The fraction of sp³-hybridized carbons (Fsp3) is 1.00. The fourth-order valence-corrected chi connectivity index (χ4v) is 1.95. The van der Waals surface area contributed by atoms with E-state index in [2.05, 4.69) is 6.92 Å². The van der Waals surface area contributed by atoms with E-state index in [-0.39, 0.29) is 0 Å². The molecular weight excluding hydrogens is 124 g/mol. The van der Waals surface area contributed by atoms with E-state index in [4.69, 9.17) is 4.74 Å². The summed E-state index contributed by atoms with van der Waals surface area (Å²) in [7, 11) is 1.80. The van der Waals surface area contributed by atoms with Crippen LogP contribution in [0.2, 0.25) is 0 Å². The summed E-state index contributed by atoms with van der Waals surface area (Å²) in [6.07, 6.45) is 5.61. The highest BCUT2D eigenvalue weighted by atomic mass is 16.5. The molecule has 0 amide bonds. The molecular formula is C9H18O. The Morgan fingerprint density at radius 3 is 2.80 bits per heavy atom. The Balaban J connectivity index is 2.18. The molecule has 1 aliphatic rings. The average Bonchev–Trinajstić information content (AvgIpc) is 1.88. The average molecular weight is 142 g/mol. The molecule has 1 heteroatoms. The first-order valence-electron chi connectivity index (χ1n) is 4.32. The van der Waals surface area contributed by atoms with E-state index in [1.807, 2.05) is 0 Å². The number of ether oxygens (including phenoxy) is 1. The maximum atomic E-state index is 5.13. The van der Waals surface area contributed by atoms with Gasteiger partial charge in [-0.2, -0.15) is 0 Å². The van der Waals surface area contributed by atoms with Gasteiger partial charge in [0.1, 0.15) is 0 Å². The van der Waals surface area contributed by atoms with Crippen LogP contribution in [0, 0.1) is 11.8 Å². The number of rotatable bonds is 2. The molecule has 0 saturated heterocycles. The summed E-state index contributed by atoms with van der Waals surface area (Å²) >= 11 is 0. The zero-order chi connectivity index (χ0) is 7.40. The Labute approximate surface area is 63.8 Å². The third-order valence-electron chi connectivity index (χ3n) is 2.45. The molecule has 10 heavy (non-hydrogen) atoms. The highest BCUT2D eigenvalue weighted by Gasteiger charge is 2.17. The monoisotopic (exact) mass is 142 g/mol. The van der Waals surface area contributed by atoms with Crippen molar-refractivity contribution in [3.05, 3.63) is 0 Å². The maximum absolute atomic E-state index is 5.13. The van der Waals surface area contributed by atoms with E-state index < -0.39 is 0 Å². The molecule has 1 fully saturated rings. The third kappa shape index (κ3) is 2.30. The Morgan fingerprint density at radius 2 is 2.20 bits per heavy atom. The molecule has 2 atom stereocenters. The zero-order valence-electron chi connectivity index (χ0n) is 7.10. The predicted octanol–water partition coefficient (Wildman–Crippen LogP) is 2.46. The van der Waals surface area contributed by atoms with E-state index in [0.29, 0.717) is 0 Å². The van der Waals surface area contributed by atoms with E-state index in [9.17, 15) is 0 Å². The predicted molar refractivity (Wildman–Crippen MR) is 43.0 cm³/mol. The zero-order valence-corrected chi connectivity index (χ0v) is 7.10. The molecule has 0 spiro atoms. The van der Waals surface area contributed by atoms with Gasteiger partial charge in [-0.05, 0) is 24.7 Å². The van der Waals surface area contributed by atoms with Crippen molar-refractivity contribution in [1.82, 2.24) is 0 Å². The summed E-state index contributed by atoms with van der Waals surface area (Å²) < 4.78 is 5.13. The molecule has 0 unspecified atom stereocenters. The lowest BCUT2D eigenvalue weighted by Gasteiger charge is -2.25. The van der Waals surface area contributed by atoms with Crippen molar-refractivity contribution < 1.29 is 4.74 Å². The molecule has 0 radical (unpaired) electrons. The second-order valence-electron chi connectivity index (χ2n) is 3.59. The van der Waals surface area contributed by atoms with Crippen LogP contribution in [0.1, 0.15) is 32.6 Å². The lowest BCUT2D eigenvalue weighted by Crippen LogP contribution is -2.17. The second-order valence-corrected chi connectivity index (χ2v) is 3.59. The van der Waals surface area contributed by atoms with Crippen LogP contribution < -0.4 is 0 Å². The van der Waals surface area contributed by atoms with E-state index in [1.165, 1.54) is 25.7 Å². The molecule has 1 saturated carbocycles. The van der Waals surface area contributed by atoms with Crippen molar-refractivity contribution in [1.29, 1.82) is 0 Å². The lowest BCUT2D eigenvalue weighted by molar-refractivity contribution is 0.117. The van der Waals surface area contributed by atoms with Crippen LogP contribution in [0.25, 0.3) is 0 Å². The minimum Gasteiger partial charge on any atom is -0.384 e. The fourth-order valence-electron chi connectivity index (χ4n) is 1.95. The van der Waals surface area contributed by atoms with E-state index in [1.54, 1.807) is 7.11 Å². The van der Waals surface area contributed by atoms with Gasteiger partial charge in [-0.1, -0.05) is 19.8 Å². The van der Waals surface area contributed by atoms with Gasteiger partial charge in [-0.25, -0.2) is 0 Å². The van der Waals surface area contributed by atoms with Crippen molar-refractivity contribution in [2.75, 3.05) is 13.7 Å². The van der Waals surface area contributed by atoms with Gasteiger partial charge in [0.25, 0.3) is 0 Å². The minimum atomic E-state index is 0.855. The van der Waals surface area contributed by atoms with Crippen LogP contribution in [-0.2, 0) is 4.74 Å². The van der Waals surface area contributed by atoms with Gasteiger partial charge >= 0.3 is 0 Å². The minimum absolute atomic E-state index is 0.855.